The summed E-state index contributed by atoms with van der Waals surface area (Å²) in [6, 6.07) is 0. The summed E-state index contributed by atoms with van der Waals surface area (Å²) in [7, 11) is 0. The van der Waals surface area contributed by atoms with Gasteiger partial charge in [0.25, 0.3) is 5.56 Å². The van der Waals surface area contributed by atoms with Gasteiger partial charge in [-0.05, 0) is 6.92 Å². The molecule has 3 rings (SSSR count). The Kier molecular flexibility index (Phi) is 5.38. The van der Waals surface area contributed by atoms with Crippen LogP contribution >= 0.6 is 0 Å². The molecule has 1 saturated heterocycles. The van der Waals surface area contributed by atoms with Crippen LogP contribution in [-0.4, -0.2) is 48.0 Å². The maximum Gasteiger partial charge on any atom is 0.347 e. The first-order chi connectivity index (χ1) is 12.4. The lowest BCUT2D eigenvalue weighted by Gasteiger charge is -2.28. The predicted molar refractivity (Wildman–Crippen MR) is 87.9 cm³/mol. The molecule has 1 unspecified atom stereocenters. The van der Waals surface area contributed by atoms with Gasteiger partial charge in [0, 0.05) is 12.3 Å². The number of fused-ring (bicyclic) bond motifs is 1. The zero-order valence-corrected chi connectivity index (χ0v) is 14.6. The second-order valence-electron chi connectivity index (χ2n) is 6.30. The molecule has 0 bridgehead atoms. The highest BCUT2D eigenvalue weighted by atomic mass is 19.1. The molecule has 0 radical (unpaired) electrons. The standard InChI is InChI=1S/C17H21FN2O6/c1-3-24-17(23)13-14(21)10-4-5-11(18)19-15(10)20(16(13)22)6-12-25-7-9(2)8-26-12/h4,9,11-12,21H,3,5-8H2,1-2H3. The van der Waals surface area contributed by atoms with Crippen LogP contribution in [0.3, 0.4) is 0 Å². The van der Waals surface area contributed by atoms with Crippen LogP contribution in [-0.2, 0) is 20.8 Å². The Morgan fingerprint density at radius 1 is 1.46 bits per heavy atom. The number of aromatic hydroxyl groups is 1. The monoisotopic (exact) mass is 368 g/mol. The fourth-order valence-corrected chi connectivity index (χ4v) is 2.90. The van der Waals surface area contributed by atoms with Crippen molar-refractivity contribution in [3.8, 4) is 5.75 Å². The van der Waals surface area contributed by atoms with Gasteiger partial charge < -0.3 is 19.3 Å². The minimum absolute atomic E-state index is 0.0369. The third kappa shape index (κ3) is 3.49. The van der Waals surface area contributed by atoms with E-state index in [9.17, 15) is 19.1 Å². The number of hydrogen-bond acceptors (Lipinski definition) is 7. The predicted octanol–water partition coefficient (Wildman–Crippen LogP) is -0.161. The van der Waals surface area contributed by atoms with Crippen molar-refractivity contribution in [3.05, 3.63) is 26.6 Å². The van der Waals surface area contributed by atoms with Gasteiger partial charge in [-0.25, -0.2) is 14.2 Å². The zero-order chi connectivity index (χ0) is 18.8. The number of esters is 1. The summed E-state index contributed by atoms with van der Waals surface area (Å²) in [5.41, 5.74) is -1.36. The van der Waals surface area contributed by atoms with Crippen molar-refractivity contribution in [1.29, 1.82) is 0 Å². The smallest absolute Gasteiger partial charge is 0.347 e. The summed E-state index contributed by atoms with van der Waals surface area (Å²) in [6.07, 6.45) is -0.919. The number of halogens is 1. The van der Waals surface area contributed by atoms with Gasteiger partial charge in [-0.1, -0.05) is 13.0 Å². The van der Waals surface area contributed by atoms with Gasteiger partial charge in [0.15, 0.2) is 18.1 Å². The first-order valence-electron chi connectivity index (χ1n) is 8.50. The molecule has 0 aliphatic carbocycles. The number of carbonyl (C=O) groups is 1. The second-order valence-corrected chi connectivity index (χ2v) is 6.30. The maximum atomic E-state index is 13.8. The van der Waals surface area contributed by atoms with E-state index in [2.05, 4.69) is 4.99 Å². The molecule has 3 heterocycles. The summed E-state index contributed by atoms with van der Waals surface area (Å²) >= 11 is 0. The third-order valence-corrected chi connectivity index (χ3v) is 4.17. The Morgan fingerprint density at radius 3 is 2.81 bits per heavy atom. The second kappa shape index (κ2) is 7.55. The van der Waals surface area contributed by atoms with E-state index in [1.165, 1.54) is 6.08 Å². The highest BCUT2D eigenvalue weighted by Gasteiger charge is 2.27. The van der Waals surface area contributed by atoms with Crippen LogP contribution in [0.25, 0.3) is 6.08 Å². The molecular formula is C17H21FN2O6. The lowest BCUT2D eigenvalue weighted by atomic mass is 10.1. The number of ether oxygens (including phenoxy) is 3. The van der Waals surface area contributed by atoms with E-state index < -0.39 is 35.4 Å². The lowest BCUT2D eigenvalue weighted by molar-refractivity contribution is -0.203. The molecule has 2 aliphatic rings. The van der Waals surface area contributed by atoms with Crippen molar-refractivity contribution in [2.24, 2.45) is 10.9 Å². The molecule has 142 valence electrons. The fraction of sp³-hybridized carbons (Fsp3) is 0.588. The van der Waals surface area contributed by atoms with Gasteiger partial charge in [-0.15, -0.1) is 0 Å². The zero-order valence-electron chi connectivity index (χ0n) is 14.6. The van der Waals surface area contributed by atoms with E-state index in [1.807, 2.05) is 6.92 Å². The summed E-state index contributed by atoms with van der Waals surface area (Å²) in [4.78, 5) is 28.8. The lowest BCUT2D eigenvalue weighted by Crippen LogP contribution is -2.50. The highest BCUT2D eigenvalue weighted by molar-refractivity contribution is 5.92. The van der Waals surface area contributed by atoms with Crippen LogP contribution in [0, 0.1) is 5.92 Å². The largest absolute Gasteiger partial charge is 0.506 e. The number of pyridine rings is 1. The Balaban J connectivity index is 2.13. The van der Waals surface area contributed by atoms with Crippen molar-refractivity contribution in [2.75, 3.05) is 19.8 Å². The molecule has 2 aliphatic heterocycles. The molecule has 0 saturated carbocycles. The van der Waals surface area contributed by atoms with Crippen LogP contribution < -0.4 is 16.3 Å². The van der Waals surface area contributed by atoms with Crippen LogP contribution in [0.5, 0.6) is 5.75 Å². The number of nitrogens with zero attached hydrogens (tertiary/aromatic N) is 2. The van der Waals surface area contributed by atoms with Gasteiger partial charge in [0.05, 0.1) is 31.6 Å². The van der Waals surface area contributed by atoms with Crippen LogP contribution in [0.2, 0.25) is 0 Å². The fourth-order valence-electron chi connectivity index (χ4n) is 2.90. The average molecular weight is 368 g/mol. The molecule has 0 spiro atoms. The van der Waals surface area contributed by atoms with Gasteiger partial charge in [0.1, 0.15) is 11.2 Å². The summed E-state index contributed by atoms with van der Waals surface area (Å²) in [5, 5.41) is 10.5. The van der Waals surface area contributed by atoms with E-state index in [-0.39, 0.29) is 36.2 Å². The van der Waals surface area contributed by atoms with Gasteiger partial charge in [-0.3, -0.25) is 9.36 Å². The number of hydrogen-bond donors (Lipinski definition) is 1. The Morgan fingerprint density at radius 2 is 2.15 bits per heavy atom. The number of aromatic nitrogens is 1. The van der Waals surface area contributed by atoms with Crippen LogP contribution in [0.4, 0.5) is 4.39 Å². The molecular weight excluding hydrogens is 347 g/mol. The molecule has 1 aromatic heterocycles. The van der Waals surface area contributed by atoms with Crippen molar-refractivity contribution < 1.29 is 28.5 Å². The van der Waals surface area contributed by atoms with Gasteiger partial charge >= 0.3 is 5.97 Å². The minimum atomic E-state index is -1.53. The minimum Gasteiger partial charge on any atom is -0.506 e. The Bertz CT molecular complexity index is 873. The summed E-state index contributed by atoms with van der Waals surface area (Å²) in [6.45, 7) is 4.43. The van der Waals surface area contributed by atoms with Crippen molar-refractivity contribution in [1.82, 2.24) is 4.57 Å². The number of carbonyl (C=O) groups excluding carboxylic acids is 1. The molecule has 1 aromatic rings. The normalized spacial score (nSPS) is 25.0. The molecule has 26 heavy (non-hydrogen) atoms. The van der Waals surface area contributed by atoms with Crippen LogP contribution in [0.15, 0.2) is 9.79 Å². The van der Waals surface area contributed by atoms with Gasteiger partial charge in [-0.2, -0.15) is 0 Å². The first-order valence-corrected chi connectivity index (χ1v) is 8.50. The molecule has 1 fully saturated rings. The molecule has 1 atom stereocenters. The Hall–Kier alpha value is -2.26. The first kappa shape index (κ1) is 18.5. The quantitative estimate of drug-likeness (QED) is 0.586. The van der Waals surface area contributed by atoms with Crippen molar-refractivity contribution >= 4 is 12.0 Å². The molecule has 9 heteroatoms. The molecule has 1 N–H and O–H groups in total. The van der Waals surface area contributed by atoms with E-state index >= 15 is 0 Å². The molecule has 0 aromatic carbocycles. The molecule has 8 nitrogen and oxygen atoms in total. The van der Waals surface area contributed by atoms with E-state index in [1.54, 1.807) is 6.92 Å². The number of rotatable bonds is 4. The maximum absolute atomic E-state index is 13.8. The van der Waals surface area contributed by atoms with E-state index in [0.717, 1.165) is 4.57 Å². The van der Waals surface area contributed by atoms with Crippen LogP contribution in [0.1, 0.15) is 30.6 Å². The van der Waals surface area contributed by atoms with Crippen molar-refractivity contribution in [2.45, 2.75) is 39.4 Å². The highest BCUT2D eigenvalue weighted by Crippen LogP contribution is 2.13. The number of alkyl halides is 1. The third-order valence-electron chi connectivity index (χ3n) is 4.17. The summed E-state index contributed by atoms with van der Waals surface area (Å²) < 4.78 is 30.8. The van der Waals surface area contributed by atoms with Crippen molar-refractivity contribution in [3.63, 3.8) is 0 Å². The van der Waals surface area contributed by atoms with Gasteiger partial charge in [0.2, 0.25) is 0 Å². The van der Waals surface area contributed by atoms with E-state index in [0.29, 0.717) is 13.2 Å². The molecule has 0 amide bonds. The topological polar surface area (TPSA) is 99.4 Å². The Labute approximate surface area is 148 Å². The average Bonchev–Trinajstić information content (AvgIpc) is 2.60. The SMILES string of the molecule is CCOC(=O)c1c(O)c2c(n(CC3OCC(C)CO3)c1=O)=NC(F)CC=2. The van der Waals surface area contributed by atoms with E-state index in [4.69, 9.17) is 14.2 Å². The summed E-state index contributed by atoms with van der Waals surface area (Å²) in [5.74, 6) is -1.27.